The molecule has 7 rings (SSSR count). The highest BCUT2D eigenvalue weighted by Gasteiger charge is 2.27. The second-order valence-electron chi connectivity index (χ2n) is 13.1. The molecule has 2 aromatic carbocycles. The van der Waals surface area contributed by atoms with Crippen molar-refractivity contribution < 1.29 is 4.79 Å². The Kier molecular flexibility index (Phi) is 9.41. The van der Waals surface area contributed by atoms with Gasteiger partial charge in [-0.1, -0.05) is 62.4 Å². The van der Waals surface area contributed by atoms with Crippen molar-refractivity contribution in [3.63, 3.8) is 0 Å². The van der Waals surface area contributed by atoms with E-state index >= 15 is 0 Å². The van der Waals surface area contributed by atoms with Crippen LogP contribution in [0.2, 0.25) is 0 Å². The van der Waals surface area contributed by atoms with Crippen molar-refractivity contribution >= 4 is 57.3 Å². The SMILES string of the molecule is CC(C)c1cnn2c(NCc3ccccc3C3=Cc4cccc(NC(=O)/C=C/CN(C)C)c4C3)nc(N3CCC(Nc4nccs4)C3)nc12. The molecule has 5 aromatic rings. The van der Waals surface area contributed by atoms with E-state index in [1.807, 2.05) is 59.5 Å². The Balaban J connectivity index is 1.11. The van der Waals surface area contributed by atoms with Gasteiger partial charge in [-0.15, -0.1) is 11.3 Å². The zero-order chi connectivity index (χ0) is 33.9. The van der Waals surface area contributed by atoms with Crippen LogP contribution in [0.4, 0.5) is 22.7 Å². The molecule has 2 aliphatic rings. The summed E-state index contributed by atoms with van der Waals surface area (Å²) in [5.74, 6) is 1.51. The first-order valence-electron chi connectivity index (χ1n) is 16.8. The van der Waals surface area contributed by atoms with Crippen LogP contribution in [0.15, 0.2) is 72.4 Å². The zero-order valence-electron chi connectivity index (χ0n) is 28.3. The highest BCUT2D eigenvalue weighted by Crippen LogP contribution is 2.37. The van der Waals surface area contributed by atoms with Crippen molar-refractivity contribution in [2.75, 3.05) is 54.6 Å². The van der Waals surface area contributed by atoms with Crippen LogP contribution in [0.1, 0.15) is 54.0 Å². The number of likely N-dealkylation sites (N-methyl/N-ethyl adjacent to an activating group) is 1. The van der Waals surface area contributed by atoms with Gasteiger partial charge in [0.2, 0.25) is 17.8 Å². The maximum atomic E-state index is 12.7. The molecule has 11 nitrogen and oxygen atoms in total. The number of aromatic nitrogens is 5. The molecule has 1 unspecified atom stereocenters. The van der Waals surface area contributed by atoms with Crippen molar-refractivity contribution in [1.82, 2.24) is 29.5 Å². The average Bonchev–Trinajstić information content (AvgIpc) is 3.91. The van der Waals surface area contributed by atoms with Crippen molar-refractivity contribution in [3.05, 3.63) is 100 Å². The molecule has 49 heavy (non-hydrogen) atoms. The van der Waals surface area contributed by atoms with Gasteiger partial charge in [-0.05, 0) is 60.3 Å². The molecule has 0 saturated carbocycles. The van der Waals surface area contributed by atoms with Crippen LogP contribution in [0, 0.1) is 0 Å². The molecule has 4 heterocycles. The maximum Gasteiger partial charge on any atom is 0.248 e. The number of anilines is 4. The minimum absolute atomic E-state index is 0.122. The van der Waals surface area contributed by atoms with E-state index in [0.717, 1.165) is 64.7 Å². The van der Waals surface area contributed by atoms with Crippen molar-refractivity contribution in [1.29, 1.82) is 0 Å². The van der Waals surface area contributed by atoms with Crippen LogP contribution in [0.25, 0.3) is 17.3 Å². The normalized spacial score (nSPS) is 15.8. The van der Waals surface area contributed by atoms with Gasteiger partial charge in [0.05, 0.1) is 6.20 Å². The number of rotatable bonds is 12. The quantitative estimate of drug-likeness (QED) is 0.134. The Bertz CT molecular complexity index is 2010. The fourth-order valence-electron chi connectivity index (χ4n) is 6.44. The fourth-order valence-corrected chi connectivity index (χ4v) is 7.05. The van der Waals surface area contributed by atoms with Crippen LogP contribution in [0.5, 0.6) is 0 Å². The third kappa shape index (κ3) is 7.20. The first kappa shape index (κ1) is 32.5. The number of nitrogens with zero attached hydrogens (tertiary/aromatic N) is 7. The van der Waals surface area contributed by atoms with Crippen molar-refractivity contribution in [2.45, 2.75) is 45.2 Å². The lowest BCUT2D eigenvalue weighted by Gasteiger charge is -2.19. The molecule has 1 fully saturated rings. The standard InChI is InChI=1S/C37H42N10OS/c1-24(2)31-22-40-47-34(31)43-36(46-17-14-28(23-46)41-37-38-15-18-49-37)44-35(47)39-21-26-9-5-6-11-29(26)27-19-25-10-7-12-32(30(25)20-27)42-33(48)13-8-16-45(3)4/h5-13,15,18-19,22,24,28H,14,16-17,20-21,23H2,1-4H3,(H,38,41)(H,42,48)(H,39,43,44)/b13-8+. The highest BCUT2D eigenvalue weighted by molar-refractivity contribution is 7.13. The van der Waals surface area contributed by atoms with Crippen LogP contribution < -0.4 is 20.9 Å². The van der Waals surface area contributed by atoms with Crippen LogP contribution in [0.3, 0.4) is 0 Å². The van der Waals surface area contributed by atoms with Gasteiger partial charge in [-0.25, -0.2) is 4.98 Å². The summed E-state index contributed by atoms with van der Waals surface area (Å²) in [5, 5.41) is 17.9. The number of fused-ring (bicyclic) bond motifs is 2. The number of allylic oxidation sites excluding steroid dienone is 1. The summed E-state index contributed by atoms with van der Waals surface area (Å²) >= 11 is 1.62. The summed E-state index contributed by atoms with van der Waals surface area (Å²) in [5.41, 5.74) is 8.55. The molecule has 0 spiro atoms. The van der Waals surface area contributed by atoms with E-state index in [-0.39, 0.29) is 17.9 Å². The van der Waals surface area contributed by atoms with Crippen molar-refractivity contribution in [3.8, 4) is 0 Å². The average molecular weight is 675 g/mol. The zero-order valence-corrected chi connectivity index (χ0v) is 29.2. The lowest BCUT2D eigenvalue weighted by molar-refractivity contribution is -0.111. The first-order chi connectivity index (χ1) is 23.8. The molecule has 3 N–H and O–H groups in total. The summed E-state index contributed by atoms with van der Waals surface area (Å²) < 4.78 is 1.83. The first-order valence-corrected chi connectivity index (χ1v) is 17.6. The van der Waals surface area contributed by atoms with Gasteiger partial charge >= 0.3 is 0 Å². The molecule has 0 bridgehead atoms. The molecule has 1 saturated heterocycles. The smallest absolute Gasteiger partial charge is 0.248 e. The molecule has 1 atom stereocenters. The Hall–Kier alpha value is -5.07. The number of benzene rings is 2. The van der Waals surface area contributed by atoms with E-state index in [9.17, 15) is 4.79 Å². The lowest BCUT2D eigenvalue weighted by atomic mass is 9.97. The Morgan fingerprint density at radius 2 is 2.02 bits per heavy atom. The second kappa shape index (κ2) is 14.2. The number of carbonyl (C=O) groups excluding carboxylic acids is 1. The van der Waals surface area contributed by atoms with Crippen LogP contribution >= 0.6 is 11.3 Å². The second-order valence-corrected chi connectivity index (χ2v) is 14.0. The molecule has 1 aliphatic heterocycles. The molecular weight excluding hydrogens is 633 g/mol. The number of carbonyl (C=O) groups is 1. The fraction of sp³-hybridized carbons (Fsp3) is 0.324. The minimum atomic E-state index is -0.122. The van der Waals surface area contributed by atoms with Gasteiger partial charge in [0.15, 0.2) is 10.8 Å². The number of nitrogens with one attached hydrogen (secondary N) is 3. The monoisotopic (exact) mass is 674 g/mol. The molecular formula is C37H42N10OS. The minimum Gasteiger partial charge on any atom is -0.357 e. The van der Waals surface area contributed by atoms with Gasteiger partial charge in [-0.2, -0.15) is 19.6 Å². The Morgan fingerprint density at radius 1 is 1.14 bits per heavy atom. The molecule has 0 radical (unpaired) electrons. The lowest BCUT2D eigenvalue weighted by Crippen LogP contribution is -2.28. The van der Waals surface area contributed by atoms with E-state index in [4.69, 9.17) is 15.1 Å². The molecule has 1 aliphatic carbocycles. The largest absolute Gasteiger partial charge is 0.357 e. The predicted octanol–water partition coefficient (Wildman–Crippen LogP) is 6.16. The van der Waals surface area contributed by atoms with Crippen molar-refractivity contribution in [2.24, 2.45) is 0 Å². The number of thiazole rings is 1. The highest BCUT2D eigenvalue weighted by atomic mass is 32.1. The molecule has 3 aromatic heterocycles. The summed E-state index contributed by atoms with van der Waals surface area (Å²) in [6, 6.07) is 14.8. The Morgan fingerprint density at radius 3 is 2.84 bits per heavy atom. The van der Waals surface area contributed by atoms with Crippen LogP contribution in [-0.2, 0) is 17.8 Å². The Labute approximate surface area is 290 Å². The third-order valence-corrected chi connectivity index (χ3v) is 9.65. The van der Waals surface area contributed by atoms with Gasteiger partial charge in [0.25, 0.3) is 0 Å². The summed E-state index contributed by atoms with van der Waals surface area (Å²) in [6.45, 7) is 7.25. The molecule has 1 amide bonds. The number of amides is 1. The number of hydrogen-bond donors (Lipinski definition) is 3. The third-order valence-electron chi connectivity index (χ3n) is 8.94. The number of hydrogen-bond acceptors (Lipinski definition) is 10. The van der Waals surface area contributed by atoms with Gasteiger partial charge < -0.3 is 25.8 Å². The van der Waals surface area contributed by atoms with E-state index in [2.05, 4.69) is 76.1 Å². The molecule has 252 valence electrons. The topological polar surface area (TPSA) is 116 Å². The summed E-state index contributed by atoms with van der Waals surface area (Å²) in [7, 11) is 3.96. The van der Waals surface area contributed by atoms with Gasteiger partial charge in [0.1, 0.15) is 0 Å². The van der Waals surface area contributed by atoms with Crippen LogP contribution in [-0.4, -0.2) is 75.1 Å². The summed E-state index contributed by atoms with van der Waals surface area (Å²) in [4.78, 5) is 31.4. The van der Waals surface area contributed by atoms with E-state index < -0.39 is 0 Å². The van der Waals surface area contributed by atoms with E-state index in [1.165, 1.54) is 11.1 Å². The van der Waals surface area contributed by atoms with E-state index in [1.54, 1.807) is 17.4 Å². The van der Waals surface area contributed by atoms with Gasteiger partial charge in [-0.3, -0.25) is 4.79 Å². The van der Waals surface area contributed by atoms with Gasteiger partial charge in [0, 0.05) is 67.5 Å². The summed E-state index contributed by atoms with van der Waals surface area (Å²) in [6.07, 6.45) is 11.2. The maximum absolute atomic E-state index is 12.7. The van der Waals surface area contributed by atoms with E-state index in [0.29, 0.717) is 25.0 Å². The predicted molar refractivity (Wildman–Crippen MR) is 199 cm³/mol. The molecule has 12 heteroatoms.